The monoisotopic (exact) mass is 501 g/mol. The fourth-order valence-corrected chi connectivity index (χ4v) is 2.44. The fraction of sp³-hybridized carbons (Fsp3) is 0.158. The van der Waals surface area contributed by atoms with Crippen molar-refractivity contribution < 1.29 is 36.0 Å². The van der Waals surface area contributed by atoms with Gasteiger partial charge in [0.1, 0.15) is 0 Å². The van der Waals surface area contributed by atoms with Crippen molar-refractivity contribution in [1.29, 1.82) is 0 Å². The first-order valence-electron chi connectivity index (χ1n) is 9.33. The lowest BCUT2D eigenvalue weighted by Crippen LogP contribution is -2.46. The molecule has 2 N–H and O–H groups in total. The Hall–Kier alpha value is -4.50. The summed E-state index contributed by atoms with van der Waals surface area (Å²) in [7, 11) is 0. The van der Waals surface area contributed by atoms with Crippen LogP contribution in [0.2, 0.25) is 0 Å². The van der Waals surface area contributed by atoms with Crippen LogP contribution in [-0.2, 0) is 0 Å². The molecule has 0 aliphatic carbocycles. The van der Waals surface area contributed by atoms with Crippen LogP contribution in [0.5, 0.6) is 6.01 Å². The summed E-state index contributed by atoms with van der Waals surface area (Å²) in [5, 5.41) is 17.0. The number of non-ortho nitro benzene ring substituents is 1. The standard InChI is InChI=1S/C19H13F6N7O3/c20-18(21,22)14(19(23,24)25)35-17-29-15(27-12-6-8-13(9-7-12)32(33)34)28-16(30-17)31-26-10-11-4-2-1-3-5-11/h1-10,14H,(H2,27,28,29,30,31)/b26-10+. The molecule has 184 valence electrons. The quantitative estimate of drug-likeness (QED) is 0.194. The third kappa shape index (κ3) is 7.24. The molecule has 0 aliphatic heterocycles. The molecule has 1 aromatic heterocycles. The Balaban J connectivity index is 1.91. The van der Waals surface area contributed by atoms with Crippen LogP contribution in [0.4, 0.5) is 49.6 Å². The zero-order chi connectivity index (χ0) is 25.6. The number of hydrazone groups is 1. The Morgan fingerprint density at radius 1 is 0.914 bits per heavy atom. The molecule has 2 aromatic carbocycles. The van der Waals surface area contributed by atoms with Gasteiger partial charge in [-0.15, -0.1) is 0 Å². The minimum atomic E-state index is -5.81. The van der Waals surface area contributed by atoms with Crippen molar-refractivity contribution in [2.45, 2.75) is 18.5 Å². The predicted molar refractivity (Wildman–Crippen MR) is 110 cm³/mol. The SMILES string of the molecule is O=[N+]([O-])c1ccc(Nc2nc(N/N=C/c3ccccc3)nc(OC(C(F)(F)F)C(F)(F)F)n2)cc1. The first-order valence-corrected chi connectivity index (χ1v) is 9.33. The molecule has 0 saturated carbocycles. The van der Waals surface area contributed by atoms with Gasteiger partial charge in [-0.05, 0) is 17.7 Å². The van der Waals surface area contributed by atoms with Crippen LogP contribution in [0, 0.1) is 10.1 Å². The number of nitro groups is 1. The number of alkyl halides is 6. The Kier molecular flexibility index (Phi) is 7.31. The number of halogens is 6. The van der Waals surface area contributed by atoms with Crippen LogP contribution in [0.15, 0.2) is 59.7 Å². The Labute approximate surface area is 191 Å². The van der Waals surface area contributed by atoms with E-state index in [1.807, 2.05) is 0 Å². The van der Waals surface area contributed by atoms with Crippen molar-refractivity contribution in [1.82, 2.24) is 15.0 Å². The normalized spacial score (nSPS) is 12.1. The molecule has 10 nitrogen and oxygen atoms in total. The van der Waals surface area contributed by atoms with E-state index in [2.05, 4.69) is 35.5 Å². The maximum absolute atomic E-state index is 12.9. The molecule has 0 fully saturated rings. The van der Waals surface area contributed by atoms with Gasteiger partial charge in [0, 0.05) is 17.8 Å². The van der Waals surface area contributed by atoms with Gasteiger partial charge in [-0.2, -0.15) is 46.4 Å². The molecule has 0 amide bonds. The maximum Gasteiger partial charge on any atom is 0.434 e. The zero-order valence-corrected chi connectivity index (χ0v) is 17.1. The smallest absolute Gasteiger partial charge is 0.434 e. The number of nitro benzene ring substituents is 1. The molecule has 0 radical (unpaired) electrons. The minimum Gasteiger partial charge on any atom is -0.440 e. The van der Waals surface area contributed by atoms with E-state index in [1.54, 1.807) is 30.3 Å². The molecule has 3 rings (SSSR count). The minimum absolute atomic E-state index is 0.134. The zero-order valence-electron chi connectivity index (χ0n) is 17.1. The molecular weight excluding hydrogens is 488 g/mol. The lowest BCUT2D eigenvalue weighted by molar-refractivity contribution is -0.384. The van der Waals surface area contributed by atoms with Crippen LogP contribution >= 0.6 is 0 Å². The molecule has 0 spiro atoms. The molecule has 0 aliphatic rings. The molecule has 0 atom stereocenters. The summed E-state index contributed by atoms with van der Waals surface area (Å²) in [6.45, 7) is 0. The van der Waals surface area contributed by atoms with Gasteiger partial charge >= 0.3 is 18.4 Å². The van der Waals surface area contributed by atoms with E-state index in [0.29, 0.717) is 5.56 Å². The van der Waals surface area contributed by atoms with Gasteiger partial charge in [-0.3, -0.25) is 10.1 Å². The number of ether oxygens (including phenoxy) is 1. The summed E-state index contributed by atoms with van der Waals surface area (Å²) in [5.41, 5.74) is 2.76. The maximum atomic E-state index is 12.9. The average Bonchev–Trinajstić information content (AvgIpc) is 2.77. The summed E-state index contributed by atoms with van der Waals surface area (Å²) in [5.74, 6) is -1.07. The third-order valence-electron chi connectivity index (χ3n) is 3.94. The first kappa shape index (κ1) is 25.1. The van der Waals surface area contributed by atoms with Gasteiger partial charge in [0.15, 0.2) is 0 Å². The van der Waals surface area contributed by atoms with Gasteiger partial charge in [-0.25, -0.2) is 5.43 Å². The predicted octanol–water partition coefficient (Wildman–Crippen LogP) is 4.84. The molecule has 1 heterocycles. The van der Waals surface area contributed by atoms with E-state index in [9.17, 15) is 36.5 Å². The van der Waals surface area contributed by atoms with Crippen molar-refractivity contribution in [3.8, 4) is 6.01 Å². The highest BCUT2D eigenvalue weighted by molar-refractivity contribution is 5.79. The molecule has 3 aromatic rings. The van der Waals surface area contributed by atoms with E-state index in [1.165, 1.54) is 18.3 Å². The first-order chi connectivity index (χ1) is 16.4. The Bertz CT molecular complexity index is 1170. The van der Waals surface area contributed by atoms with E-state index >= 15 is 0 Å². The molecule has 0 bridgehead atoms. The average molecular weight is 501 g/mol. The summed E-state index contributed by atoms with van der Waals surface area (Å²) in [4.78, 5) is 20.8. The van der Waals surface area contributed by atoms with E-state index in [0.717, 1.165) is 12.1 Å². The van der Waals surface area contributed by atoms with Gasteiger partial charge in [-0.1, -0.05) is 30.3 Å². The van der Waals surface area contributed by atoms with Crippen LogP contribution in [0.3, 0.4) is 0 Å². The highest BCUT2D eigenvalue weighted by Gasteiger charge is 2.59. The van der Waals surface area contributed by atoms with E-state index < -0.39 is 41.3 Å². The highest BCUT2D eigenvalue weighted by Crippen LogP contribution is 2.36. The number of aromatic nitrogens is 3. The summed E-state index contributed by atoms with van der Waals surface area (Å²) in [6, 6.07) is 11.8. The van der Waals surface area contributed by atoms with Gasteiger partial charge in [0.05, 0.1) is 11.1 Å². The number of hydrogen-bond donors (Lipinski definition) is 2. The lowest BCUT2D eigenvalue weighted by Gasteiger charge is -2.22. The number of nitrogens with zero attached hydrogens (tertiary/aromatic N) is 5. The van der Waals surface area contributed by atoms with Gasteiger partial charge in [0.2, 0.25) is 5.95 Å². The molecule has 16 heteroatoms. The second kappa shape index (κ2) is 10.2. The topological polar surface area (TPSA) is 127 Å². The number of rotatable bonds is 8. The molecule has 0 saturated heterocycles. The van der Waals surface area contributed by atoms with Crippen molar-refractivity contribution >= 4 is 29.5 Å². The summed E-state index contributed by atoms with van der Waals surface area (Å²) in [6.07, 6.45) is -14.5. The van der Waals surface area contributed by atoms with Crippen LogP contribution in [-0.4, -0.2) is 44.5 Å². The summed E-state index contributed by atoms with van der Waals surface area (Å²) < 4.78 is 81.5. The van der Waals surface area contributed by atoms with E-state index in [-0.39, 0.29) is 11.4 Å². The second-order valence-corrected chi connectivity index (χ2v) is 6.56. The van der Waals surface area contributed by atoms with Gasteiger partial charge in [0.25, 0.3) is 17.7 Å². The van der Waals surface area contributed by atoms with Crippen molar-refractivity contribution in [3.63, 3.8) is 0 Å². The Morgan fingerprint density at radius 3 is 2.09 bits per heavy atom. The fourth-order valence-electron chi connectivity index (χ4n) is 2.44. The number of nitrogens with one attached hydrogen (secondary N) is 2. The molecule has 35 heavy (non-hydrogen) atoms. The third-order valence-corrected chi connectivity index (χ3v) is 3.94. The van der Waals surface area contributed by atoms with E-state index in [4.69, 9.17) is 0 Å². The summed E-state index contributed by atoms with van der Waals surface area (Å²) >= 11 is 0. The number of benzene rings is 2. The lowest BCUT2D eigenvalue weighted by atomic mass is 10.2. The second-order valence-electron chi connectivity index (χ2n) is 6.56. The van der Waals surface area contributed by atoms with Crippen molar-refractivity contribution in [2.75, 3.05) is 10.7 Å². The van der Waals surface area contributed by atoms with Crippen LogP contribution < -0.4 is 15.5 Å². The number of hydrogen-bond acceptors (Lipinski definition) is 9. The highest BCUT2D eigenvalue weighted by atomic mass is 19.4. The number of anilines is 3. The van der Waals surface area contributed by atoms with Crippen LogP contribution in [0.1, 0.15) is 5.56 Å². The van der Waals surface area contributed by atoms with Crippen molar-refractivity contribution in [2.24, 2.45) is 5.10 Å². The Morgan fingerprint density at radius 2 is 1.51 bits per heavy atom. The van der Waals surface area contributed by atoms with Crippen LogP contribution in [0.25, 0.3) is 0 Å². The van der Waals surface area contributed by atoms with Crippen molar-refractivity contribution in [3.05, 3.63) is 70.3 Å². The molecular formula is C19H13F6N7O3. The van der Waals surface area contributed by atoms with Gasteiger partial charge < -0.3 is 10.1 Å². The largest absolute Gasteiger partial charge is 0.440 e. The molecule has 0 unspecified atom stereocenters.